The summed E-state index contributed by atoms with van der Waals surface area (Å²) >= 11 is 0. The molecule has 1 aromatic heterocycles. The number of nitrogens with one attached hydrogen (secondary N) is 1. The van der Waals surface area contributed by atoms with E-state index in [0.29, 0.717) is 17.8 Å². The van der Waals surface area contributed by atoms with Gasteiger partial charge in [0.25, 0.3) is 0 Å². The Bertz CT molecular complexity index is 1130. The zero-order valence-corrected chi connectivity index (χ0v) is 21.9. The zero-order valence-electron chi connectivity index (χ0n) is 21.9. The number of nitrogens with zero attached hydrogens (tertiary/aromatic N) is 1. The van der Waals surface area contributed by atoms with E-state index in [1.807, 2.05) is 12.3 Å². The number of hydrogen-bond donors (Lipinski definition) is 1. The second kappa shape index (κ2) is 11.2. The van der Waals surface area contributed by atoms with Crippen LogP contribution in [0.1, 0.15) is 57.4 Å². The lowest BCUT2D eigenvalue weighted by Gasteiger charge is -2.50. The summed E-state index contributed by atoms with van der Waals surface area (Å²) < 4.78 is 0. The van der Waals surface area contributed by atoms with E-state index >= 15 is 0 Å². The Morgan fingerprint density at radius 2 is 1.46 bits per heavy atom. The van der Waals surface area contributed by atoms with Crippen molar-refractivity contribution in [1.82, 2.24) is 10.3 Å². The largest absolute Gasteiger partial charge is 0.309 e. The van der Waals surface area contributed by atoms with Crippen LogP contribution in [0.4, 0.5) is 0 Å². The third-order valence-corrected chi connectivity index (χ3v) is 7.73. The van der Waals surface area contributed by atoms with E-state index in [4.69, 9.17) is 0 Å². The molecule has 0 bridgehead atoms. The molecule has 3 unspecified atom stereocenters. The average Bonchev–Trinajstić information content (AvgIpc) is 2.88. The van der Waals surface area contributed by atoms with E-state index in [9.17, 15) is 0 Å². The molecule has 2 heteroatoms. The van der Waals surface area contributed by atoms with Crippen LogP contribution in [0.2, 0.25) is 0 Å². The molecule has 0 spiro atoms. The molecular weight excluding hydrogens is 424 g/mol. The van der Waals surface area contributed by atoms with Crippen molar-refractivity contribution in [3.05, 3.63) is 120 Å². The van der Waals surface area contributed by atoms with Crippen molar-refractivity contribution in [1.29, 1.82) is 0 Å². The first kappa shape index (κ1) is 25.1. The van der Waals surface area contributed by atoms with Crippen LogP contribution in [0, 0.1) is 17.3 Å². The summed E-state index contributed by atoms with van der Waals surface area (Å²) in [5, 5.41) is 4.09. The summed E-state index contributed by atoms with van der Waals surface area (Å²) in [6.45, 7) is 12.6. The molecule has 0 fully saturated rings. The lowest BCUT2D eigenvalue weighted by atomic mass is 9.57. The molecule has 182 valence electrons. The summed E-state index contributed by atoms with van der Waals surface area (Å²) in [5.41, 5.74) is 6.69. The first-order chi connectivity index (χ1) is 16.9. The monoisotopic (exact) mass is 464 g/mol. The SMILES string of the molecule is CC(C)C1=CC=C(c2ccccc2)C(Cc2ccccc2)(C(C)C)C1NCC(C)c1ccccn1. The van der Waals surface area contributed by atoms with Gasteiger partial charge < -0.3 is 5.32 Å². The third kappa shape index (κ3) is 5.33. The average molecular weight is 465 g/mol. The minimum Gasteiger partial charge on any atom is -0.309 e. The second-order valence-corrected chi connectivity index (χ2v) is 10.6. The summed E-state index contributed by atoms with van der Waals surface area (Å²) in [5.74, 6) is 1.22. The molecule has 3 atom stereocenters. The molecule has 2 nitrogen and oxygen atoms in total. The molecule has 1 aliphatic rings. The fourth-order valence-electron chi connectivity index (χ4n) is 5.74. The highest BCUT2D eigenvalue weighted by Crippen LogP contribution is 2.52. The number of aromatic nitrogens is 1. The maximum Gasteiger partial charge on any atom is 0.0444 e. The fourth-order valence-corrected chi connectivity index (χ4v) is 5.74. The van der Waals surface area contributed by atoms with Gasteiger partial charge >= 0.3 is 0 Å². The predicted molar refractivity (Wildman–Crippen MR) is 149 cm³/mol. The maximum absolute atomic E-state index is 4.63. The van der Waals surface area contributed by atoms with Crippen molar-refractivity contribution in [3.63, 3.8) is 0 Å². The highest BCUT2D eigenvalue weighted by atomic mass is 15.0. The number of pyridine rings is 1. The number of hydrogen-bond acceptors (Lipinski definition) is 2. The molecule has 1 N–H and O–H groups in total. The van der Waals surface area contributed by atoms with Crippen LogP contribution in [0.3, 0.4) is 0 Å². The lowest BCUT2D eigenvalue weighted by molar-refractivity contribution is 0.200. The van der Waals surface area contributed by atoms with Gasteiger partial charge in [0.2, 0.25) is 0 Å². The Hall–Kier alpha value is -2.97. The Labute approximate surface area is 212 Å². The Morgan fingerprint density at radius 1 is 0.800 bits per heavy atom. The van der Waals surface area contributed by atoms with E-state index in [2.05, 4.69) is 130 Å². The summed E-state index contributed by atoms with van der Waals surface area (Å²) in [6, 6.07) is 28.5. The van der Waals surface area contributed by atoms with Gasteiger partial charge in [-0.2, -0.15) is 0 Å². The second-order valence-electron chi connectivity index (χ2n) is 10.6. The van der Waals surface area contributed by atoms with Gasteiger partial charge in [-0.3, -0.25) is 4.98 Å². The van der Waals surface area contributed by atoms with Crippen LogP contribution in [0.15, 0.2) is 103 Å². The van der Waals surface area contributed by atoms with Crippen LogP contribution >= 0.6 is 0 Å². The van der Waals surface area contributed by atoms with Crippen molar-refractivity contribution in [2.75, 3.05) is 6.54 Å². The van der Waals surface area contributed by atoms with Crippen molar-refractivity contribution < 1.29 is 0 Å². The van der Waals surface area contributed by atoms with Crippen molar-refractivity contribution in [2.24, 2.45) is 17.3 Å². The summed E-state index contributed by atoms with van der Waals surface area (Å²) in [7, 11) is 0. The molecule has 1 aliphatic carbocycles. The van der Waals surface area contributed by atoms with Gasteiger partial charge in [0.1, 0.15) is 0 Å². The summed E-state index contributed by atoms with van der Waals surface area (Å²) in [6.07, 6.45) is 7.69. The Kier molecular flexibility index (Phi) is 8.03. The Morgan fingerprint density at radius 3 is 2.06 bits per heavy atom. The van der Waals surface area contributed by atoms with E-state index in [0.717, 1.165) is 18.7 Å². The number of allylic oxidation sites excluding steroid dienone is 2. The van der Waals surface area contributed by atoms with Gasteiger partial charge in [-0.1, -0.05) is 114 Å². The van der Waals surface area contributed by atoms with Crippen molar-refractivity contribution in [2.45, 2.75) is 53.0 Å². The van der Waals surface area contributed by atoms with E-state index < -0.39 is 0 Å². The van der Waals surface area contributed by atoms with Crippen LogP contribution in [-0.2, 0) is 6.42 Å². The first-order valence-electron chi connectivity index (χ1n) is 13.1. The van der Waals surface area contributed by atoms with Crippen LogP contribution in [0.25, 0.3) is 5.57 Å². The molecule has 0 radical (unpaired) electrons. The van der Waals surface area contributed by atoms with Gasteiger partial charge in [0.05, 0.1) is 0 Å². The molecule has 3 aromatic rings. The minimum absolute atomic E-state index is 0.0824. The molecule has 0 saturated carbocycles. The van der Waals surface area contributed by atoms with Gasteiger partial charge in [0, 0.05) is 35.8 Å². The highest BCUT2D eigenvalue weighted by molar-refractivity contribution is 5.76. The minimum atomic E-state index is -0.0824. The van der Waals surface area contributed by atoms with Gasteiger partial charge in [-0.05, 0) is 52.7 Å². The normalized spacial score (nSPS) is 21.1. The smallest absolute Gasteiger partial charge is 0.0444 e. The van der Waals surface area contributed by atoms with E-state index in [-0.39, 0.29) is 11.5 Å². The fraction of sp³-hybridized carbons (Fsp3) is 0.364. The molecular formula is C33H40N2. The standard InChI is InChI=1S/C33H40N2/c1-24(2)29-19-20-30(28-16-10-7-11-17-28)33(25(3)4,22-27-14-8-6-9-15-27)32(29)35-23-26(5)31-18-12-13-21-34-31/h6-21,24-26,32,35H,22-23H2,1-5H3. The molecule has 2 aromatic carbocycles. The molecule has 4 rings (SSSR count). The molecule has 35 heavy (non-hydrogen) atoms. The molecule has 0 amide bonds. The van der Waals surface area contributed by atoms with Crippen molar-refractivity contribution in [3.8, 4) is 0 Å². The van der Waals surface area contributed by atoms with Gasteiger partial charge in [-0.15, -0.1) is 0 Å². The molecule has 1 heterocycles. The number of rotatable bonds is 9. The predicted octanol–water partition coefficient (Wildman–Crippen LogP) is 7.71. The van der Waals surface area contributed by atoms with Gasteiger partial charge in [0.15, 0.2) is 0 Å². The van der Waals surface area contributed by atoms with E-state index in [1.165, 1.54) is 22.3 Å². The summed E-state index contributed by atoms with van der Waals surface area (Å²) in [4.78, 5) is 4.63. The molecule has 0 saturated heterocycles. The Balaban J connectivity index is 1.81. The topological polar surface area (TPSA) is 24.9 Å². The van der Waals surface area contributed by atoms with E-state index in [1.54, 1.807) is 0 Å². The van der Waals surface area contributed by atoms with Crippen LogP contribution in [0.5, 0.6) is 0 Å². The van der Waals surface area contributed by atoms with Crippen LogP contribution in [-0.4, -0.2) is 17.6 Å². The quantitative estimate of drug-likeness (QED) is 0.351. The van der Waals surface area contributed by atoms with Crippen molar-refractivity contribution >= 4 is 5.57 Å². The third-order valence-electron chi connectivity index (χ3n) is 7.73. The number of benzene rings is 2. The first-order valence-corrected chi connectivity index (χ1v) is 13.1. The maximum atomic E-state index is 4.63. The van der Waals surface area contributed by atoms with Gasteiger partial charge in [-0.25, -0.2) is 0 Å². The lowest BCUT2D eigenvalue weighted by Crippen LogP contribution is -2.54. The van der Waals surface area contributed by atoms with Crippen LogP contribution < -0.4 is 5.32 Å². The highest BCUT2D eigenvalue weighted by Gasteiger charge is 2.48. The molecule has 0 aliphatic heterocycles. The zero-order chi connectivity index (χ0) is 24.8.